The van der Waals surface area contributed by atoms with Crippen LogP contribution >= 0.6 is 12.4 Å². The first-order valence-electron chi connectivity index (χ1n) is 9.30. The van der Waals surface area contributed by atoms with E-state index in [1.165, 1.54) is 6.07 Å². The van der Waals surface area contributed by atoms with E-state index in [1.807, 2.05) is 32.0 Å². The number of nitrogens with zero attached hydrogens (tertiary/aromatic N) is 3. The van der Waals surface area contributed by atoms with Gasteiger partial charge in [-0.05, 0) is 62.2 Å². The van der Waals surface area contributed by atoms with Gasteiger partial charge in [-0.25, -0.2) is 4.98 Å². The van der Waals surface area contributed by atoms with Crippen molar-refractivity contribution in [1.29, 1.82) is 5.26 Å². The lowest BCUT2D eigenvalue weighted by Crippen LogP contribution is -1.95. The van der Waals surface area contributed by atoms with Crippen LogP contribution in [0, 0.1) is 42.2 Å². The van der Waals surface area contributed by atoms with Crippen molar-refractivity contribution < 1.29 is 9.34 Å². The number of nitrogens with one attached hydrogen (secondary N) is 1. The van der Waals surface area contributed by atoms with Crippen molar-refractivity contribution >= 4 is 40.8 Å². The first-order valence-corrected chi connectivity index (χ1v) is 9.30. The fourth-order valence-corrected chi connectivity index (χ4v) is 3.39. The largest absolute Gasteiger partial charge is 0.457 e. The van der Waals surface area contributed by atoms with Crippen molar-refractivity contribution in [1.82, 2.24) is 9.97 Å². The van der Waals surface area contributed by atoms with Crippen LogP contribution in [0.5, 0.6) is 0 Å². The van der Waals surface area contributed by atoms with E-state index in [0.29, 0.717) is 28.5 Å². The highest BCUT2D eigenvalue weighted by Gasteiger charge is 2.17. The zero-order chi connectivity index (χ0) is 21.4. The van der Waals surface area contributed by atoms with E-state index in [9.17, 15) is 15.4 Å². The van der Waals surface area contributed by atoms with Gasteiger partial charge < -0.3 is 9.40 Å². The van der Waals surface area contributed by atoms with Crippen molar-refractivity contribution in [3.8, 4) is 17.4 Å². The van der Waals surface area contributed by atoms with E-state index in [2.05, 4.69) is 16.0 Å². The number of nitriles is 1. The van der Waals surface area contributed by atoms with Crippen LogP contribution in [-0.2, 0) is 0 Å². The van der Waals surface area contributed by atoms with Gasteiger partial charge in [0.2, 0.25) is 0 Å². The number of nitro groups is 1. The summed E-state index contributed by atoms with van der Waals surface area (Å²) >= 11 is 0. The molecule has 0 radical (unpaired) electrons. The summed E-state index contributed by atoms with van der Waals surface area (Å²) in [5.74, 6) is 1.54. The highest BCUT2D eigenvalue weighted by Crippen LogP contribution is 2.32. The Balaban J connectivity index is 0.00000272. The number of fused-ring (bicyclic) bond motifs is 1. The predicted molar refractivity (Wildman–Crippen MR) is 122 cm³/mol. The molecule has 2 aromatic carbocycles. The third kappa shape index (κ3) is 4.06. The minimum absolute atomic E-state index is 0. The smallest absolute Gasteiger partial charge is 0.272 e. The van der Waals surface area contributed by atoms with Crippen molar-refractivity contribution in [2.24, 2.45) is 0 Å². The van der Waals surface area contributed by atoms with E-state index in [-0.39, 0.29) is 18.1 Å². The standard InChI is InChI=1S/C23H18N4O3.ClH/c1-13-4-7-19-20(10-13)26-23(25-19)16(12-24)11-17-5-9-22(30-17)18-6-8-21(27(28)29)15(3)14(18)2;/h4-11H,1-3H3,(H,25,26);1H. The number of hydrogen-bond acceptors (Lipinski definition) is 5. The first kappa shape index (κ1) is 21.8. The van der Waals surface area contributed by atoms with Crippen molar-refractivity contribution in [3.63, 3.8) is 0 Å². The molecule has 0 bridgehead atoms. The van der Waals surface area contributed by atoms with Crippen LogP contribution in [0.1, 0.15) is 28.3 Å². The fourth-order valence-electron chi connectivity index (χ4n) is 3.39. The van der Waals surface area contributed by atoms with Gasteiger partial charge >= 0.3 is 0 Å². The minimum Gasteiger partial charge on any atom is -0.457 e. The summed E-state index contributed by atoms with van der Waals surface area (Å²) < 4.78 is 5.91. The molecule has 7 nitrogen and oxygen atoms in total. The lowest BCUT2D eigenvalue weighted by atomic mass is 10.00. The monoisotopic (exact) mass is 434 g/mol. The molecule has 0 unspecified atom stereocenters. The molecule has 156 valence electrons. The molecule has 2 aromatic heterocycles. The summed E-state index contributed by atoms with van der Waals surface area (Å²) in [5.41, 5.74) is 5.33. The Morgan fingerprint density at radius 1 is 1.16 bits per heavy atom. The maximum Gasteiger partial charge on any atom is 0.272 e. The van der Waals surface area contributed by atoms with Crippen LogP contribution in [0.15, 0.2) is 46.9 Å². The van der Waals surface area contributed by atoms with Crippen LogP contribution in [0.4, 0.5) is 5.69 Å². The number of aryl methyl sites for hydroxylation is 1. The molecule has 0 amide bonds. The molecule has 0 aliphatic rings. The van der Waals surface area contributed by atoms with E-state index in [0.717, 1.165) is 27.7 Å². The van der Waals surface area contributed by atoms with Gasteiger partial charge in [0.1, 0.15) is 23.4 Å². The molecular weight excluding hydrogens is 416 g/mol. The molecule has 2 heterocycles. The molecule has 0 aliphatic heterocycles. The number of furan rings is 1. The Kier molecular flexibility index (Phi) is 5.95. The molecule has 0 saturated heterocycles. The van der Waals surface area contributed by atoms with Crippen LogP contribution in [0.2, 0.25) is 0 Å². The molecule has 0 fully saturated rings. The molecule has 4 rings (SSSR count). The summed E-state index contributed by atoms with van der Waals surface area (Å²) in [5, 5.41) is 20.8. The molecular formula is C23H19ClN4O3. The van der Waals surface area contributed by atoms with Gasteiger partial charge in [0.25, 0.3) is 5.69 Å². The molecule has 0 saturated carbocycles. The number of imidazole rings is 1. The van der Waals surface area contributed by atoms with Gasteiger partial charge in [-0.2, -0.15) is 5.26 Å². The topological polar surface area (TPSA) is 109 Å². The fraction of sp³-hybridized carbons (Fsp3) is 0.130. The number of halogens is 1. The average Bonchev–Trinajstić information content (AvgIpc) is 3.34. The van der Waals surface area contributed by atoms with Crippen LogP contribution in [0.3, 0.4) is 0 Å². The number of nitro benzene ring substituents is 1. The van der Waals surface area contributed by atoms with Crippen LogP contribution < -0.4 is 0 Å². The predicted octanol–water partition coefficient (Wildman–Crippen LogP) is 6.14. The number of hydrogen-bond donors (Lipinski definition) is 1. The molecule has 8 heteroatoms. The SMILES string of the molecule is Cc1ccc2nc(C(C#N)=Cc3ccc(-c4ccc([N+](=O)[O-])c(C)c4C)o3)[nH]c2c1.Cl. The maximum atomic E-state index is 11.1. The highest BCUT2D eigenvalue weighted by atomic mass is 35.5. The van der Waals surface area contributed by atoms with Crippen LogP contribution in [-0.4, -0.2) is 14.9 Å². The zero-order valence-corrected chi connectivity index (χ0v) is 17.9. The third-order valence-corrected chi connectivity index (χ3v) is 5.15. The Hall–Kier alpha value is -3.89. The maximum absolute atomic E-state index is 11.1. The number of H-pyrrole nitrogens is 1. The number of allylic oxidation sites excluding steroid dienone is 1. The lowest BCUT2D eigenvalue weighted by Gasteiger charge is -2.06. The number of benzene rings is 2. The molecule has 1 N–H and O–H groups in total. The number of aromatic nitrogens is 2. The van der Waals surface area contributed by atoms with Crippen molar-refractivity contribution in [2.45, 2.75) is 20.8 Å². The second kappa shape index (κ2) is 8.46. The van der Waals surface area contributed by atoms with Gasteiger partial charge in [-0.3, -0.25) is 10.1 Å². The van der Waals surface area contributed by atoms with Gasteiger partial charge in [0.15, 0.2) is 0 Å². The second-order valence-electron chi connectivity index (χ2n) is 7.12. The molecule has 0 atom stereocenters. The molecule has 31 heavy (non-hydrogen) atoms. The molecule has 0 spiro atoms. The summed E-state index contributed by atoms with van der Waals surface area (Å²) in [6.45, 7) is 5.54. The third-order valence-electron chi connectivity index (χ3n) is 5.15. The Morgan fingerprint density at radius 2 is 1.94 bits per heavy atom. The van der Waals surface area contributed by atoms with Gasteiger partial charge in [0, 0.05) is 23.3 Å². The Bertz CT molecular complexity index is 1380. The highest BCUT2D eigenvalue weighted by molar-refractivity contribution is 5.90. The van der Waals surface area contributed by atoms with E-state index < -0.39 is 4.92 Å². The normalized spacial score (nSPS) is 11.2. The second-order valence-corrected chi connectivity index (χ2v) is 7.12. The van der Waals surface area contributed by atoms with Gasteiger partial charge in [-0.1, -0.05) is 6.07 Å². The van der Waals surface area contributed by atoms with E-state index >= 15 is 0 Å². The van der Waals surface area contributed by atoms with Crippen molar-refractivity contribution in [2.75, 3.05) is 0 Å². The number of aromatic amines is 1. The van der Waals surface area contributed by atoms with Crippen molar-refractivity contribution in [3.05, 3.63) is 80.9 Å². The average molecular weight is 435 g/mol. The number of rotatable bonds is 4. The minimum atomic E-state index is -0.392. The van der Waals surface area contributed by atoms with Crippen LogP contribution in [0.25, 0.3) is 34.0 Å². The summed E-state index contributed by atoms with van der Waals surface area (Å²) in [6.07, 6.45) is 1.63. The summed E-state index contributed by atoms with van der Waals surface area (Å²) in [7, 11) is 0. The quantitative estimate of drug-likeness (QED) is 0.235. The van der Waals surface area contributed by atoms with E-state index in [4.69, 9.17) is 4.42 Å². The van der Waals surface area contributed by atoms with E-state index in [1.54, 1.807) is 31.2 Å². The zero-order valence-electron chi connectivity index (χ0n) is 17.1. The molecule has 0 aliphatic carbocycles. The summed E-state index contributed by atoms with van der Waals surface area (Å²) in [4.78, 5) is 18.4. The van der Waals surface area contributed by atoms with Gasteiger partial charge in [-0.15, -0.1) is 12.4 Å². The molecule has 4 aromatic rings. The summed E-state index contributed by atoms with van der Waals surface area (Å²) in [6, 6.07) is 14.7. The Morgan fingerprint density at radius 3 is 2.65 bits per heavy atom. The lowest BCUT2D eigenvalue weighted by molar-refractivity contribution is -0.385. The van der Waals surface area contributed by atoms with Gasteiger partial charge in [0.05, 0.1) is 21.5 Å². The Labute approximate surface area is 184 Å². The first-order chi connectivity index (χ1) is 14.4.